The Morgan fingerprint density at radius 3 is 2.95 bits per heavy atom. The highest BCUT2D eigenvalue weighted by molar-refractivity contribution is 5.99. The van der Waals surface area contributed by atoms with Crippen LogP contribution < -0.4 is 16.4 Å². The number of morpholine rings is 1. The largest absolute Gasteiger partial charge is 0.398 e. The first-order chi connectivity index (χ1) is 9.02. The van der Waals surface area contributed by atoms with Crippen LogP contribution in [0.4, 0.5) is 11.4 Å². The number of carbonyl (C=O) groups excluding carboxylic acids is 1. The Bertz CT molecular complexity index is 478. The SMILES string of the molecule is CC1COC(CO)CN1c1ccc(N)c(C(N)=O)c1. The number of primary amides is 1. The van der Waals surface area contributed by atoms with Crippen LogP contribution in [0.5, 0.6) is 0 Å². The fourth-order valence-corrected chi connectivity index (χ4v) is 2.22. The summed E-state index contributed by atoms with van der Waals surface area (Å²) in [7, 11) is 0. The fraction of sp³-hybridized carbons (Fsp3) is 0.462. The van der Waals surface area contributed by atoms with Crippen molar-refractivity contribution >= 4 is 17.3 Å². The van der Waals surface area contributed by atoms with Crippen molar-refractivity contribution in [3.8, 4) is 0 Å². The predicted octanol–water partition coefficient (Wildman–Crippen LogP) is -0.0463. The molecule has 2 rings (SSSR count). The van der Waals surface area contributed by atoms with Crippen molar-refractivity contribution in [1.29, 1.82) is 0 Å². The highest BCUT2D eigenvalue weighted by atomic mass is 16.5. The van der Waals surface area contributed by atoms with Gasteiger partial charge in [0.15, 0.2) is 0 Å². The van der Waals surface area contributed by atoms with Crippen LogP contribution in [0.15, 0.2) is 18.2 Å². The number of nitrogens with two attached hydrogens (primary N) is 2. The maximum Gasteiger partial charge on any atom is 0.250 e. The van der Waals surface area contributed by atoms with Gasteiger partial charge in [-0.25, -0.2) is 0 Å². The van der Waals surface area contributed by atoms with E-state index in [1.807, 2.05) is 13.0 Å². The third-order valence-electron chi connectivity index (χ3n) is 3.34. The second kappa shape index (κ2) is 5.46. The van der Waals surface area contributed by atoms with Crippen LogP contribution in [0.25, 0.3) is 0 Å². The van der Waals surface area contributed by atoms with E-state index in [1.54, 1.807) is 12.1 Å². The predicted molar refractivity (Wildman–Crippen MR) is 73.0 cm³/mol. The van der Waals surface area contributed by atoms with Gasteiger partial charge >= 0.3 is 0 Å². The van der Waals surface area contributed by atoms with Gasteiger partial charge in [-0.1, -0.05) is 0 Å². The van der Waals surface area contributed by atoms with Crippen LogP contribution in [-0.4, -0.2) is 42.9 Å². The standard InChI is InChI=1S/C13H19N3O3/c1-8-7-19-10(6-17)5-16(8)9-2-3-12(14)11(4-9)13(15)18/h2-4,8,10,17H,5-7,14H2,1H3,(H2,15,18). The van der Waals surface area contributed by atoms with Gasteiger partial charge in [-0.3, -0.25) is 4.79 Å². The third kappa shape index (κ3) is 2.80. The maximum atomic E-state index is 11.3. The number of ether oxygens (including phenoxy) is 1. The van der Waals surface area contributed by atoms with Crippen molar-refractivity contribution in [2.75, 3.05) is 30.4 Å². The van der Waals surface area contributed by atoms with E-state index in [0.717, 1.165) is 5.69 Å². The highest BCUT2D eigenvalue weighted by Crippen LogP contribution is 2.25. The first-order valence-corrected chi connectivity index (χ1v) is 6.21. The molecule has 1 fully saturated rings. The van der Waals surface area contributed by atoms with E-state index in [4.69, 9.17) is 16.2 Å². The first kappa shape index (κ1) is 13.6. The zero-order valence-corrected chi connectivity index (χ0v) is 10.9. The van der Waals surface area contributed by atoms with E-state index in [2.05, 4.69) is 4.90 Å². The summed E-state index contributed by atoms with van der Waals surface area (Å²) < 4.78 is 5.48. The van der Waals surface area contributed by atoms with Gasteiger partial charge < -0.3 is 26.2 Å². The summed E-state index contributed by atoms with van der Waals surface area (Å²) in [5.74, 6) is -0.543. The maximum absolute atomic E-state index is 11.3. The summed E-state index contributed by atoms with van der Waals surface area (Å²) in [5.41, 5.74) is 12.6. The number of hydrogen-bond donors (Lipinski definition) is 3. The highest BCUT2D eigenvalue weighted by Gasteiger charge is 2.26. The Kier molecular flexibility index (Phi) is 3.92. The number of amides is 1. The van der Waals surface area contributed by atoms with E-state index in [-0.39, 0.29) is 18.8 Å². The second-order valence-electron chi connectivity index (χ2n) is 4.78. The van der Waals surface area contributed by atoms with Crippen LogP contribution >= 0.6 is 0 Å². The van der Waals surface area contributed by atoms with Crippen molar-refractivity contribution in [3.05, 3.63) is 23.8 Å². The smallest absolute Gasteiger partial charge is 0.250 e. The van der Waals surface area contributed by atoms with Gasteiger partial charge in [-0.2, -0.15) is 0 Å². The number of aliphatic hydroxyl groups excluding tert-OH is 1. The van der Waals surface area contributed by atoms with Crippen LogP contribution in [0, 0.1) is 0 Å². The Labute approximate surface area is 111 Å². The van der Waals surface area contributed by atoms with Gasteiger partial charge in [0, 0.05) is 24.0 Å². The van der Waals surface area contributed by atoms with Crippen LogP contribution in [0.2, 0.25) is 0 Å². The molecule has 6 nitrogen and oxygen atoms in total. The molecule has 0 saturated carbocycles. The molecule has 0 aliphatic carbocycles. The van der Waals surface area contributed by atoms with Gasteiger partial charge in [0.2, 0.25) is 0 Å². The third-order valence-corrected chi connectivity index (χ3v) is 3.34. The topological polar surface area (TPSA) is 102 Å². The molecule has 1 saturated heterocycles. The van der Waals surface area contributed by atoms with E-state index in [0.29, 0.717) is 24.4 Å². The number of nitrogen functional groups attached to an aromatic ring is 1. The van der Waals surface area contributed by atoms with Crippen molar-refractivity contribution in [2.45, 2.75) is 19.1 Å². The second-order valence-corrected chi connectivity index (χ2v) is 4.78. The molecule has 0 bridgehead atoms. The summed E-state index contributed by atoms with van der Waals surface area (Å²) >= 11 is 0. The lowest BCUT2D eigenvalue weighted by Crippen LogP contribution is -2.49. The quantitative estimate of drug-likeness (QED) is 0.665. The van der Waals surface area contributed by atoms with Gasteiger partial charge in [-0.15, -0.1) is 0 Å². The molecule has 1 heterocycles. The Morgan fingerprint density at radius 2 is 2.32 bits per heavy atom. The molecule has 1 aromatic rings. The van der Waals surface area contributed by atoms with Crippen LogP contribution in [0.3, 0.4) is 0 Å². The molecule has 1 aliphatic heterocycles. The zero-order valence-electron chi connectivity index (χ0n) is 10.9. The molecule has 1 aromatic carbocycles. The molecule has 19 heavy (non-hydrogen) atoms. The van der Waals surface area contributed by atoms with Gasteiger partial charge in [-0.05, 0) is 25.1 Å². The molecule has 0 aromatic heterocycles. The molecule has 0 radical (unpaired) electrons. The molecule has 2 unspecified atom stereocenters. The van der Waals surface area contributed by atoms with E-state index < -0.39 is 5.91 Å². The molecule has 1 aliphatic rings. The Hall–Kier alpha value is -1.79. The minimum atomic E-state index is -0.543. The molecule has 104 valence electrons. The lowest BCUT2D eigenvalue weighted by Gasteiger charge is -2.39. The lowest BCUT2D eigenvalue weighted by atomic mass is 10.1. The van der Waals surface area contributed by atoms with Crippen LogP contribution in [0.1, 0.15) is 17.3 Å². The van der Waals surface area contributed by atoms with Crippen molar-refractivity contribution in [3.63, 3.8) is 0 Å². The zero-order chi connectivity index (χ0) is 14.0. The summed E-state index contributed by atoms with van der Waals surface area (Å²) in [4.78, 5) is 13.4. The molecule has 2 atom stereocenters. The summed E-state index contributed by atoms with van der Waals surface area (Å²) in [6, 6.07) is 5.37. The summed E-state index contributed by atoms with van der Waals surface area (Å²) in [6.45, 7) is 3.09. The number of hydrogen-bond acceptors (Lipinski definition) is 5. The van der Waals surface area contributed by atoms with E-state index >= 15 is 0 Å². The fourth-order valence-electron chi connectivity index (χ4n) is 2.22. The minimum absolute atomic E-state index is 0.0269. The number of aliphatic hydroxyl groups is 1. The van der Waals surface area contributed by atoms with Crippen molar-refractivity contribution in [1.82, 2.24) is 0 Å². The molecule has 0 spiro atoms. The number of carbonyl (C=O) groups is 1. The van der Waals surface area contributed by atoms with Gasteiger partial charge in [0.25, 0.3) is 5.91 Å². The molecule has 5 N–H and O–H groups in total. The monoisotopic (exact) mass is 265 g/mol. The van der Waals surface area contributed by atoms with Crippen molar-refractivity contribution < 1.29 is 14.6 Å². The summed E-state index contributed by atoms with van der Waals surface area (Å²) in [5, 5.41) is 9.18. The average Bonchev–Trinajstić information content (AvgIpc) is 2.40. The summed E-state index contributed by atoms with van der Waals surface area (Å²) in [6.07, 6.45) is -0.217. The normalized spacial score (nSPS) is 23.4. The number of nitrogens with zero attached hydrogens (tertiary/aromatic N) is 1. The lowest BCUT2D eigenvalue weighted by molar-refractivity contribution is -0.0103. The molecule has 6 heteroatoms. The molecular formula is C13H19N3O3. The molecule has 1 amide bonds. The van der Waals surface area contributed by atoms with E-state index in [9.17, 15) is 9.90 Å². The van der Waals surface area contributed by atoms with Gasteiger partial charge in [0.1, 0.15) is 0 Å². The van der Waals surface area contributed by atoms with Gasteiger partial charge in [0.05, 0.1) is 24.9 Å². The average molecular weight is 265 g/mol. The molecular weight excluding hydrogens is 246 g/mol. The number of benzene rings is 1. The van der Waals surface area contributed by atoms with Crippen molar-refractivity contribution in [2.24, 2.45) is 5.73 Å². The van der Waals surface area contributed by atoms with Crippen LogP contribution in [-0.2, 0) is 4.74 Å². The minimum Gasteiger partial charge on any atom is -0.398 e. The first-order valence-electron chi connectivity index (χ1n) is 6.21. The Morgan fingerprint density at radius 1 is 1.58 bits per heavy atom. The number of anilines is 2. The Balaban J connectivity index is 2.29. The number of rotatable bonds is 3. The van der Waals surface area contributed by atoms with E-state index in [1.165, 1.54) is 0 Å².